The van der Waals surface area contributed by atoms with E-state index in [0.29, 0.717) is 12.8 Å². The van der Waals surface area contributed by atoms with Gasteiger partial charge in [0.1, 0.15) is 0 Å². The van der Waals surface area contributed by atoms with Gasteiger partial charge in [-0.15, -0.1) is 0 Å². The van der Waals surface area contributed by atoms with Gasteiger partial charge >= 0.3 is 12.0 Å². The molecular weight excluding hydrogens is 330 g/mol. The first-order chi connectivity index (χ1) is 12.6. The molecule has 0 spiro atoms. The molecule has 3 rings (SSSR count). The zero-order valence-electron chi connectivity index (χ0n) is 15.9. The largest absolute Gasteiger partial charge is 0.481 e. The van der Waals surface area contributed by atoms with Crippen LogP contribution in [0.5, 0.6) is 0 Å². The maximum Gasteiger partial charge on any atom is 0.317 e. The zero-order valence-corrected chi connectivity index (χ0v) is 15.9. The van der Waals surface area contributed by atoms with Crippen LogP contribution >= 0.6 is 0 Å². The fraction of sp³-hybridized carbons (Fsp3) is 0.900. The normalized spacial score (nSPS) is 28.7. The number of nitrogens with zero attached hydrogens (tertiary/aromatic N) is 1. The second-order valence-corrected chi connectivity index (χ2v) is 8.54. The number of carbonyl (C=O) groups is 2. The maximum absolute atomic E-state index is 12.5. The number of rotatable bonds is 5. The number of aliphatic carboxylic acids is 1. The number of amides is 2. The second kappa shape index (κ2) is 9.58. The van der Waals surface area contributed by atoms with Crippen LogP contribution in [0.2, 0.25) is 0 Å². The van der Waals surface area contributed by atoms with E-state index in [4.69, 9.17) is 5.11 Å². The molecule has 148 valence electrons. The number of carboxylic acid groups (broad SMARTS) is 1. The number of carbonyl (C=O) groups excluding carboxylic acids is 1. The summed E-state index contributed by atoms with van der Waals surface area (Å²) in [5.74, 6) is 0.763. The average Bonchev–Trinajstić information content (AvgIpc) is 2.68. The van der Waals surface area contributed by atoms with E-state index in [1.807, 2.05) is 4.90 Å². The molecule has 0 aromatic rings. The first-order valence-electron chi connectivity index (χ1n) is 10.6. The molecule has 3 fully saturated rings. The molecule has 2 heterocycles. The van der Waals surface area contributed by atoms with Crippen LogP contribution in [0.4, 0.5) is 4.79 Å². The van der Waals surface area contributed by atoms with Gasteiger partial charge in [-0.1, -0.05) is 12.8 Å². The Morgan fingerprint density at radius 2 is 1.46 bits per heavy atom. The lowest BCUT2D eigenvalue weighted by Gasteiger charge is -2.35. The highest BCUT2D eigenvalue weighted by Crippen LogP contribution is 2.28. The summed E-state index contributed by atoms with van der Waals surface area (Å²) < 4.78 is 0. The number of hydrogen-bond donors (Lipinski definition) is 3. The van der Waals surface area contributed by atoms with Gasteiger partial charge in [-0.25, -0.2) is 4.79 Å². The smallest absolute Gasteiger partial charge is 0.317 e. The van der Waals surface area contributed by atoms with Crippen LogP contribution in [0, 0.1) is 17.8 Å². The minimum absolute atomic E-state index is 0.0561. The third kappa shape index (κ3) is 5.60. The molecule has 0 radical (unpaired) electrons. The second-order valence-electron chi connectivity index (χ2n) is 8.54. The predicted molar refractivity (Wildman–Crippen MR) is 101 cm³/mol. The summed E-state index contributed by atoms with van der Waals surface area (Å²) >= 11 is 0. The topological polar surface area (TPSA) is 81.7 Å². The van der Waals surface area contributed by atoms with Crippen molar-refractivity contribution in [3.05, 3.63) is 0 Å². The molecule has 3 N–H and O–H groups in total. The van der Waals surface area contributed by atoms with Gasteiger partial charge in [0.2, 0.25) is 0 Å². The highest BCUT2D eigenvalue weighted by molar-refractivity contribution is 5.74. The van der Waals surface area contributed by atoms with E-state index in [0.717, 1.165) is 50.6 Å². The number of carboxylic acids is 1. The van der Waals surface area contributed by atoms with Gasteiger partial charge in [0.25, 0.3) is 0 Å². The number of hydrogen-bond acceptors (Lipinski definition) is 3. The fourth-order valence-electron chi connectivity index (χ4n) is 4.82. The molecule has 26 heavy (non-hydrogen) atoms. The first kappa shape index (κ1) is 19.5. The van der Waals surface area contributed by atoms with Gasteiger partial charge in [0.15, 0.2) is 0 Å². The molecule has 1 saturated carbocycles. The summed E-state index contributed by atoms with van der Waals surface area (Å²) in [6.45, 7) is 4.09. The summed E-state index contributed by atoms with van der Waals surface area (Å²) in [5, 5.41) is 15.6. The van der Waals surface area contributed by atoms with Crippen LogP contribution in [0.3, 0.4) is 0 Å². The zero-order chi connectivity index (χ0) is 18.4. The quantitative estimate of drug-likeness (QED) is 0.700. The van der Waals surface area contributed by atoms with Gasteiger partial charge in [-0.05, 0) is 76.3 Å². The van der Waals surface area contributed by atoms with Crippen molar-refractivity contribution in [2.45, 2.75) is 70.3 Å². The lowest BCUT2D eigenvalue weighted by molar-refractivity contribution is -0.142. The Labute approximate surface area is 157 Å². The molecule has 0 atom stereocenters. The molecule has 2 aliphatic heterocycles. The van der Waals surface area contributed by atoms with Gasteiger partial charge in [-0.3, -0.25) is 4.79 Å². The molecule has 0 bridgehead atoms. The minimum Gasteiger partial charge on any atom is -0.481 e. The summed E-state index contributed by atoms with van der Waals surface area (Å²) in [6, 6.07) is 0.205. The highest BCUT2D eigenvalue weighted by Gasteiger charge is 2.29. The Morgan fingerprint density at radius 1 is 0.885 bits per heavy atom. The van der Waals surface area contributed by atoms with Crippen molar-refractivity contribution in [3.8, 4) is 0 Å². The van der Waals surface area contributed by atoms with Crippen molar-refractivity contribution >= 4 is 12.0 Å². The molecular formula is C20H35N3O3. The Kier molecular flexibility index (Phi) is 7.17. The molecule has 2 amide bonds. The van der Waals surface area contributed by atoms with Crippen molar-refractivity contribution in [2.24, 2.45) is 17.8 Å². The Morgan fingerprint density at radius 3 is 2.04 bits per heavy atom. The summed E-state index contributed by atoms with van der Waals surface area (Å²) in [4.78, 5) is 25.5. The Bertz CT molecular complexity index is 463. The molecule has 0 aromatic heterocycles. The molecule has 1 aliphatic carbocycles. The summed E-state index contributed by atoms with van der Waals surface area (Å²) in [7, 11) is 0. The third-order valence-electron chi connectivity index (χ3n) is 6.75. The molecule has 0 unspecified atom stereocenters. The van der Waals surface area contributed by atoms with E-state index in [1.165, 1.54) is 38.8 Å². The number of nitrogens with one attached hydrogen (secondary N) is 2. The van der Waals surface area contributed by atoms with Crippen LogP contribution in [0.25, 0.3) is 0 Å². The van der Waals surface area contributed by atoms with Crippen molar-refractivity contribution in [2.75, 3.05) is 26.2 Å². The lowest BCUT2D eigenvalue weighted by atomic mass is 9.85. The van der Waals surface area contributed by atoms with Gasteiger partial charge in [0.05, 0.1) is 5.92 Å². The fourth-order valence-corrected chi connectivity index (χ4v) is 4.82. The minimum atomic E-state index is -0.693. The van der Waals surface area contributed by atoms with Crippen LogP contribution in [0.1, 0.15) is 64.2 Å². The Hall–Kier alpha value is -1.30. The van der Waals surface area contributed by atoms with Crippen molar-refractivity contribution in [1.29, 1.82) is 0 Å². The van der Waals surface area contributed by atoms with E-state index < -0.39 is 5.97 Å². The van der Waals surface area contributed by atoms with Crippen LogP contribution < -0.4 is 10.6 Å². The summed E-state index contributed by atoms with van der Waals surface area (Å²) in [5.41, 5.74) is 0. The molecule has 6 heteroatoms. The Balaban J connectivity index is 1.31. The third-order valence-corrected chi connectivity index (χ3v) is 6.75. The number of piperidine rings is 2. The maximum atomic E-state index is 12.5. The molecule has 3 aliphatic rings. The van der Waals surface area contributed by atoms with E-state index in [-0.39, 0.29) is 18.0 Å². The highest BCUT2D eigenvalue weighted by atomic mass is 16.4. The van der Waals surface area contributed by atoms with Crippen LogP contribution in [0.15, 0.2) is 0 Å². The SMILES string of the molecule is O=C(N[C@H]1CC[C@H](C(=O)O)CC1)N1CCC(CCC2CCNCC2)CC1. The van der Waals surface area contributed by atoms with Crippen LogP contribution in [-0.4, -0.2) is 54.2 Å². The van der Waals surface area contributed by atoms with Crippen molar-refractivity contribution in [1.82, 2.24) is 15.5 Å². The van der Waals surface area contributed by atoms with Gasteiger partial charge < -0.3 is 20.6 Å². The average molecular weight is 366 g/mol. The lowest BCUT2D eigenvalue weighted by Crippen LogP contribution is -2.49. The monoisotopic (exact) mass is 365 g/mol. The molecule has 2 saturated heterocycles. The summed E-state index contributed by atoms with van der Waals surface area (Å²) in [6.07, 6.45) is 10.5. The van der Waals surface area contributed by atoms with E-state index in [2.05, 4.69) is 10.6 Å². The van der Waals surface area contributed by atoms with Gasteiger partial charge in [0, 0.05) is 19.1 Å². The van der Waals surface area contributed by atoms with Gasteiger partial charge in [-0.2, -0.15) is 0 Å². The van der Waals surface area contributed by atoms with E-state index in [1.54, 1.807) is 0 Å². The van der Waals surface area contributed by atoms with E-state index in [9.17, 15) is 9.59 Å². The predicted octanol–water partition coefficient (Wildman–Crippen LogP) is 2.83. The molecule has 0 aromatic carbocycles. The standard InChI is InChI=1S/C20H35N3O3/c24-19(25)17-3-5-18(6-4-17)22-20(26)23-13-9-16(10-14-23)2-1-15-7-11-21-12-8-15/h15-18,21H,1-14H2,(H,22,26)(H,24,25)/t17-,18-. The number of urea groups is 1. The van der Waals surface area contributed by atoms with Crippen molar-refractivity contribution in [3.63, 3.8) is 0 Å². The van der Waals surface area contributed by atoms with E-state index >= 15 is 0 Å². The molecule has 6 nitrogen and oxygen atoms in total. The van der Waals surface area contributed by atoms with Crippen molar-refractivity contribution < 1.29 is 14.7 Å². The number of likely N-dealkylation sites (tertiary alicyclic amines) is 1. The van der Waals surface area contributed by atoms with Crippen LogP contribution in [-0.2, 0) is 4.79 Å². The first-order valence-corrected chi connectivity index (χ1v) is 10.6.